The highest BCUT2D eigenvalue weighted by molar-refractivity contribution is 7.92. The van der Waals surface area contributed by atoms with Gasteiger partial charge in [0.25, 0.3) is 10.0 Å². The lowest BCUT2D eigenvalue weighted by molar-refractivity contribution is 0.0265. The molecule has 33 heavy (non-hydrogen) atoms. The van der Waals surface area contributed by atoms with E-state index in [9.17, 15) is 18.0 Å². The molecular formula is C24H23NO7S. The zero-order valence-corrected chi connectivity index (χ0v) is 18.9. The van der Waals surface area contributed by atoms with E-state index in [4.69, 9.17) is 14.2 Å². The van der Waals surface area contributed by atoms with E-state index in [0.29, 0.717) is 17.0 Å². The maximum atomic E-state index is 13.0. The molecule has 0 heterocycles. The second-order valence-electron chi connectivity index (χ2n) is 6.84. The second kappa shape index (κ2) is 10.6. The SMILES string of the molecule is COc1ccc(N(C)S(=O)(=O)c2cccc(C(=O)OCCOC(=O)c3ccccc3)c2)cc1. The van der Waals surface area contributed by atoms with Crippen molar-refractivity contribution in [2.24, 2.45) is 0 Å². The zero-order valence-electron chi connectivity index (χ0n) is 18.1. The molecule has 8 nitrogen and oxygen atoms in total. The van der Waals surface area contributed by atoms with Gasteiger partial charge in [-0.1, -0.05) is 24.3 Å². The lowest BCUT2D eigenvalue weighted by Crippen LogP contribution is -2.26. The standard InChI is InChI=1S/C24H23NO7S/c1-25(20-11-13-21(30-2)14-12-20)33(28,29)22-10-6-9-19(17-22)24(27)32-16-15-31-23(26)18-7-4-3-5-8-18/h3-14,17H,15-16H2,1-2H3. The van der Waals surface area contributed by atoms with Crippen molar-refractivity contribution in [3.8, 4) is 5.75 Å². The molecule has 0 amide bonds. The number of hydrogen-bond acceptors (Lipinski definition) is 7. The molecule has 0 spiro atoms. The fraction of sp³-hybridized carbons (Fsp3) is 0.167. The lowest BCUT2D eigenvalue weighted by Gasteiger charge is -2.20. The van der Waals surface area contributed by atoms with Crippen LogP contribution >= 0.6 is 0 Å². The van der Waals surface area contributed by atoms with Crippen LogP contribution in [0.2, 0.25) is 0 Å². The average Bonchev–Trinajstić information content (AvgIpc) is 2.86. The van der Waals surface area contributed by atoms with E-state index in [0.717, 1.165) is 4.31 Å². The predicted octanol–water partition coefficient (Wildman–Crippen LogP) is 3.53. The molecule has 0 radical (unpaired) electrons. The number of esters is 2. The molecular weight excluding hydrogens is 446 g/mol. The number of carbonyl (C=O) groups excluding carboxylic acids is 2. The molecule has 0 aliphatic rings. The molecule has 0 saturated heterocycles. The quantitative estimate of drug-likeness (QED) is 0.349. The molecule has 0 N–H and O–H groups in total. The van der Waals surface area contributed by atoms with Gasteiger partial charge in [0.1, 0.15) is 19.0 Å². The highest BCUT2D eigenvalue weighted by atomic mass is 32.2. The normalized spacial score (nSPS) is 10.8. The number of carbonyl (C=O) groups is 2. The molecule has 0 fully saturated rings. The van der Waals surface area contributed by atoms with E-state index in [1.54, 1.807) is 54.6 Å². The Morgan fingerprint density at radius 1 is 0.788 bits per heavy atom. The van der Waals surface area contributed by atoms with Crippen LogP contribution in [0.3, 0.4) is 0 Å². The Kier molecular flexibility index (Phi) is 7.68. The van der Waals surface area contributed by atoms with Crippen molar-refractivity contribution in [1.29, 1.82) is 0 Å². The third-order valence-corrected chi connectivity index (χ3v) is 6.50. The van der Waals surface area contributed by atoms with Gasteiger partial charge < -0.3 is 14.2 Å². The van der Waals surface area contributed by atoms with Crippen LogP contribution in [0.4, 0.5) is 5.69 Å². The van der Waals surface area contributed by atoms with Crippen LogP contribution < -0.4 is 9.04 Å². The van der Waals surface area contributed by atoms with Gasteiger partial charge in [0, 0.05) is 7.05 Å². The third-order valence-electron chi connectivity index (χ3n) is 4.72. The second-order valence-corrected chi connectivity index (χ2v) is 8.81. The van der Waals surface area contributed by atoms with Crippen LogP contribution in [0, 0.1) is 0 Å². The van der Waals surface area contributed by atoms with Gasteiger partial charge in [0.05, 0.1) is 28.8 Å². The summed E-state index contributed by atoms with van der Waals surface area (Å²) in [4.78, 5) is 24.2. The topological polar surface area (TPSA) is 99.2 Å². The van der Waals surface area contributed by atoms with E-state index < -0.39 is 22.0 Å². The van der Waals surface area contributed by atoms with Crippen LogP contribution in [-0.4, -0.2) is 47.7 Å². The van der Waals surface area contributed by atoms with Crippen molar-refractivity contribution in [3.05, 3.63) is 90.0 Å². The fourth-order valence-corrected chi connectivity index (χ4v) is 4.12. The number of benzene rings is 3. The summed E-state index contributed by atoms with van der Waals surface area (Å²) in [5, 5.41) is 0. The Balaban J connectivity index is 1.61. The van der Waals surface area contributed by atoms with E-state index in [1.807, 2.05) is 0 Å². The van der Waals surface area contributed by atoms with Crippen molar-refractivity contribution >= 4 is 27.6 Å². The molecule has 9 heteroatoms. The largest absolute Gasteiger partial charge is 0.497 e. The molecule has 3 aromatic carbocycles. The summed E-state index contributed by atoms with van der Waals surface area (Å²) < 4.78 is 42.4. The molecule has 0 saturated carbocycles. The van der Waals surface area contributed by atoms with Gasteiger partial charge >= 0.3 is 11.9 Å². The number of rotatable bonds is 9. The third kappa shape index (κ3) is 5.89. The molecule has 0 aromatic heterocycles. The number of sulfonamides is 1. The van der Waals surface area contributed by atoms with Gasteiger partial charge in [-0.05, 0) is 54.6 Å². The summed E-state index contributed by atoms with van der Waals surface area (Å²) in [5.41, 5.74) is 0.889. The van der Waals surface area contributed by atoms with Crippen molar-refractivity contribution in [2.45, 2.75) is 4.90 Å². The van der Waals surface area contributed by atoms with E-state index in [1.165, 1.54) is 38.4 Å². The lowest BCUT2D eigenvalue weighted by atomic mass is 10.2. The summed E-state index contributed by atoms with van der Waals surface area (Å²) in [5.74, 6) is -0.653. The summed E-state index contributed by atoms with van der Waals surface area (Å²) >= 11 is 0. The summed E-state index contributed by atoms with van der Waals surface area (Å²) in [6.07, 6.45) is 0. The number of ether oxygens (including phenoxy) is 3. The first-order chi connectivity index (χ1) is 15.8. The molecule has 0 aliphatic carbocycles. The Labute approximate surface area is 192 Å². The Morgan fingerprint density at radius 2 is 1.36 bits per heavy atom. The maximum Gasteiger partial charge on any atom is 0.338 e. The number of anilines is 1. The van der Waals surface area contributed by atoms with Gasteiger partial charge in [-0.3, -0.25) is 4.31 Å². The van der Waals surface area contributed by atoms with Crippen molar-refractivity contribution in [2.75, 3.05) is 31.7 Å². The highest BCUT2D eigenvalue weighted by Gasteiger charge is 2.23. The van der Waals surface area contributed by atoms with Gasteiger partial charge in [-0.2, -0.15) is 0 Å². The fourth-order valence-electron chi connectivity index (χ4n) is 2.88. The zero-order chi connectivity index (χ0) is 23.8. The molecule has 0 aliphatic heterocycles. The van der Waals surface area contributed by atoms with Crippen molar-refractivity contribution in [1.82, 2.24) is 0 Å². The van der Waals surface area contributed by atoms with E-state index >= 15 is 0 Å². The van der Waals surface area contributed by atoms with Gasteiger partial charge in [-0.25, -0.2) is 18.0 Å². The summed E-state index contributed by atoms with van der Waals surface area (Å²) in [7, 11) is -0.978. The molecule has 0 atom stereocenters. The van der Waals surface area contributed by atoms with E-state index in [2.05, 4.69) is 0 Å². The minimum absolute atomic E-state index is 0.0635. The highest BCUT2D eigenvalue weighted by Crippen LogP contribution is 2.25. The van der Waals surface area contributed by atoms with Crippen molar-refractivity contribution in [3.63, 3.8) is 0 Å². The first-order valence-electron chi connectivity index (χ1n) is 9.95. The Bertz CT molecular complexity index is 1210. The predicted molar refractivity (Wildman–Crippen MR) is 122 cm³/mol. The molecule has 172 valence electrons. The van der Waals surface area contributed by atoms with Gasteiger partial charge in [-0.15, -0.1) is 0 Å². The van der Waals surface area contributed by atoms with Crippen LogP contribution in [0.25, 0.3) is 0 Å². The van der Waals surface area contributed by atoms with Gasteiger partial charge in [0.2, 0.25) is 0 Å². The molecule has 3 rings (SSSR count). The smallest absolute Gasteiger partial charge is 0.338 e. The summed E-state index contributed by atoms with van der Waals surface area (Å²) in [6.45, 7) is -0.294. The maximum absolute atomic E-state index is 13.0. The van der Waals surface area contributed by atoms with E-state index in [-0.39, 0.29) is 23.7 Å². The van der Waals surface area contributed by atoms with Crippen LogP contribution in [0.15, 0.2) is 83.8 Å². The summed E-state index contributed by atoms with van der Waals surface area (Å²) in [6, 6.07) is 20.5. The number of methoxy groups -OCH3 is 1. The monoisotopic (exact) mass is 469 g/mol. The van der Waals surface area contributed by atoms with Gasteiger partial charge in [0.15, 0.2) is 0 Å². The first-order valence-corrected chi connectivity index (χ1v) is 11.4. The minimum atomic E-state index is -3.92. The Morgan fingerprint density at radius 3 is 1.97 bits per heavy atom. The average molecular weight is 470 g/mol. The van der Waals surface area contributed by atoms with Crippen molar-refractivity contribution < 1.29 is 32.2 Å². The van der Waals surface area contributed by atoms with Crippen LogP contribution in [0.1, 0.15) is 20.7 Å². The molecule has 0 unspecified atom stereocenters. The molecule has 0 bridgehead atoms. The van der Waals surface area contributed by atoms with Crippen LogP contribution in [0.5, 0.6) is 5.75 Å². The number of nitrogens with zero attached hydrogens (tertiary/aromatic N) is 1. The molecule has 3 aromatic rings. The number of hydrogen-bond donors (Lipinski definition) is 0. The Hall–Kier alpha value is -3.85. The minimum Gasteiger partial charge on any atom is -0.497 e. The first kappa shape index (κ1) is 23.8. The van der Waals surface area contributed by atoms with Crippen LogP contribution in [-0.2, 0) is 19.5 Å².